The number of rotatable bonds is 8. The standard InChI is InChI=1S/C28H38N8O3/c1-28(2,16-35-12-4-5-13-35)27(38)34-20-8-6-19(7-9-20)33-26(37)21-15-22(18-10-11-30-23(14-18)39-3)36-24(21)25(29)31-17-32-36/h10-11,14-15,17,19-20H,4-9,12-13,16H2,1-3H3,(H,33,37)(H,34,38)(H2,29,31,32). The van der Waals surface area contributed by atoms with Crippen molar-refractivity contribution < 1.29 is 14.3 Å². The Labute approximate surface area is 228 Å². The highest BCUT2D eigenvalue weighted by Gasteiger charge is 2.33. The van der Waals surface area contributed by atoms with Gasteiger partial charge in [0.2, 0.25) is 11.8 Å². The lowest BCUT2D eigenvalue weighted by Gasteiger charge is -2.34. The number of carbonyl (C=O) groups is 2. The lowest BCUT2D eigenvalue weighted by Crippen LogP contribution is -2.50. The van der Waals surface area contributed by atoms with Gasteiger partial charge in [0.05, 0.1) is 23.8 Å². The van der Waals surface area contributed by atoms with Gasteiger partial charge in [0, 0.05) is 36.5 Å². The molecule has 2 fully saturated rings. The third-order valence-corrected chi connectivity index (χ3v) is 7.90. The normalized spacial score (nSPS) is 20.2. The second kappa shape index (κ2) is 11.2. The van der Waals surface area contributed by atoms with Crippen LogP contribution in [0.3, 0.4) is 0 Å². The smallest absolute Gasteiger partial charge is 0.253 e. The molecule has 0 unspecified atom stereocenters. The first-order valence-corrected chi connectivity index (χ1v) is 13.7. The highest BCUT2D eigenvalue weighted by atomic mass is 16.5. The maximum atomic E-state index is 13.5. The quantitative estimate of drug-likeness (QED) is 0.401. The third kappa shape index (κ3) is 5.83. The van der Waals surface area contributed by atoms with Crippen LogP contribution in [0.5, 0.6) is 5.88 Å². The predicted molar refractivity (Wildman–Crippen MR) is 148 cm³/mol. The van der Waals surface area contributed by atoms with E-state index in [4.69, 9.17) is 10.5 Å². The molecule has 39 heavy (non-hydrogen) atoms. The maximum Gasteiger partial charge on any atom is 0.253 e. The Morgan fingerprint density at radius 3 is 2.46 bits per heavy atom. The summed E-state index contributed by atoms with van der Waals surface area (Å²) >= 11 is 0. The number of amides is 2. The van der Waals surface area contributed by atoms with E-state index in [1.165, 1.54) is 19.2 Å². The summed E-state index contributed by atoms with van der Waals surface area (Å²) in [7, 11) is 1.55. The SMILES string of the molecule is COc1cc(-c2cc(C(=O)NC3CCC(NC(=O)C(C)(C)CN4CCCC4)CC3)c3c(N)ncnn23)ccn1. The molecule has 0 aromatic carbocycles. The zero-order valence-electron chi connectivity index (χ0n) is 22.9. The van der Waals surface area contributed by atoms with Crippen LogP contribution in [-0.4, -0.2) is 75.1 Å². The van der Waals surface area contributed by atoms with Gasteiger partial charge >= 0.3 is 0 Å². The number of aromatic nitrogens is 4. The molecule has 4 heterocycles. The largest absolute Gasteiger partial charge is 0.481 e. The molecule has 0 atom stereocenters. The number of likely N-dealkylation sites (tertiary alicyclic amines) is 1. The van der Waals surface area contributed by atoms with Crippen molar-refractivity contribution in [3.8, 4) is 17.1 Å². The fourth-order valence-corrected chi connectivity index (χ4v) is 5.72. The van der Waals surface area contributed by atoms with Gasteiger partial charge < -0.3 is 26.0 Å². The van der Waals surface area contributed by atoms with E-state index in [-0.39, 0.29) is 29.7 Å². The fraction of sp³-hybridized carbons (Fsp3) is 0.536. The van der Waals surface area contributed by atoms with Crippen LogP contribution in [-0.2, 0) is 4.79 Å². The number of pyridine rings is 1. The Kier molecular flexibility index (Phi) is 7.69. The van der Waals surface area contributed by atoms with E-state index in [9.17, 15) is 9.59 Å². The number of nitrogens with two attached hydrogens (primary N) is 1. The van der Waals surface area contributed by atoms with Gasteiger partial charge in [-0.2, -0.15) is 5.10 Å². The van der Waals surface area contributed by atoms with Gasteiger partial charge in [-0.15, -0.1) is 0 Å². The molecule has 2 amide bonds. The van der Waals surface area contributed by atoms with Crippen molar-refractivity contribution in [2.45, 2.75) is 64.5 Å². The molecule has 11 heteroatoms. The van der Waals surface area contributed by atoms with Crippen LogP contribution in [0.2, 0.25) is 0 Å². The second-order valence-electron chi connectivity index (χ2n) is 11.3. The average molecular weight is 535 g/mol. The van der Waals surface area contributed by atoms with Gasteiger partial charge in [-0.1, -0.05) is 0 Å². The Balaban J connectivity index is 1.23. The van der Waals surface area contributed by atoms with Crippen LogP contribution in [0, 0.1) is 5.41 Å². The number of ether oxygens (including phenoxy) is 1. The Morgan fingerprint density at radius 1 is 1.08 bits per heavy atom. The first-order chi connectivity index (χ1) is 18.7. The van der Waals surface area contributed by atoms with E-state index in [2.05, 4.69) is 30.6 Å². The van der Waals surface area contributed by atoms with Crippen LogP contribution in [0.15, 0.2) is 30.7 Å². The molecule has 0 radical (unpaired) electrons. The molecule has 208 valence electrons. The van der Waals surface area contributed by atoms with Crippen molar-refractivity contribution >= 4 is 23.1 Å². The first kappa shape index (κ1) is 26.9. The Hall–Kier alpha value is -3.73. The van der Waals surface area contributed by atoms with E-state index >= 15 is 0 Å². The summed E-state index contributed by atoms with van der Waals surface area (Å²) in [5, 5.41) is 10.8. The number of nitrogens with zero attached hydrogens (tertiary/aromatic N) is 5. The molecule has 3 aromatic rings. The lowest BCUT2D eigenvalue weighted by atomic mass is 9.87. The number of hydrogen-bond donors (Lipinski definition) is 3. The van der Waals surface area contributed by atoms with Crippen molar-refractivity contribution in [3.63, 3.8) is 0 Å². The molecule has 0 spiro atoms. The summed E-state index contributed by atoms with van der Waals surface area (Å²) in [4.78, 5) is 37.1. The molecule has 0 bridgehead atoms. The number of nitrogen functional groups attached to an aromatic ring is 1. The second-order valence-corrected chi connectivity index (χ2v) is 11.3. The average Bonchev–Trinajstić information content (AvgIpc) is 3.58. The fourth-order valence-electron chi connectivity index (χ4n) is 5.72. The van der Waals surface area contributed by atoms with Gasteiger partial charge in [0.25, 0.3) is 5.91 Å². The maximum absolute atomic E-state index is 13.5. The highest BCUT2D eigenvalue weighted by molar-refractivity contribution is 6.05. The molecule has 1 saturated heterocycles. The minimum atomic E-state index is -0.426. The monoisotopic (exact) mass is 534 g/mol. The van der Waals surface area contributed by atoms with Gasteiger partial charge in [-0.25, -0.2) is 14.5 Å². The number of methoxy groups -OCH3 is 1. The van der Waals surface area contributed by atoms with Gasteiger partial charge in [0.1, 0.15) is 11.8 Å². The highest BCUT2D eigenvalue weighted by Crippen LogP contribution is 2.30. The number of anilines is 1. The summed E-state index contributed by atoms with van der Waals surface area (Å²) in [5.74, 6) is 0.572. The minimum Gasteiger partial charge on any atom is -0.481 e. The summed E-state index contributed by atoms with van der Waals surface area (Å²) in [6.07, 6.45) is 8.65. The van der Waals surface area contributed by atoms with Gasteiger partial charge in [-0.3, -0.25) is 9.59 Å². The van der Waals surface area contributed by atoms with Crippen LogP contribution in [0.25, 0.3) is 16.8 Å². The van der Waals surface area contributed by atoms with Crippen molar-refractivity contribution in [2.24, 2.45) is 5.41 Å². The molecular weight excluding hydrogens is 496 g/mol. The predicted octanol–water partition coefficient (Wildman–Crippen LogP) is 2.66. The van der Waals surface area contributed by atoms with Crippen molar-refractivity contribution in [1.82, 2.24) is 35.1 Å². The zero-order valence-corrected chi connectivity index (χ0v) is 22.9. The van der Waals surface area contributed by atoms with E-state index in [0.29, 0.717) is 22.7 Å². The van der Waals surface area contributed by atoms with E-state index in [0.717, 1.165) is 50.9 Å². The molecular formula is C28H38N8O3. The molecule has 2 aliphatic rings. The molecule has 11 nitrogen and oxygen atoms in total. The summed E-state index contributed by atoms with van der Waals surface area (Å²) in [5.41, 5.74) is 8.12. The Morgan fingerprint density at radius 2 is 1.77 bits per heavy atom. The molecule has 5 rings (SSSR count). The minimum absolute atomic E-state index is 0.00790. The van der Waals surface area contributed by atoms with E-state index in [1.54, 1.807) is 30.0 Å². The van der Waals surface area contributed by atoms with Crippen molar-refractivity contribution in [3.05, 3.63) is 36.3 Å². The Bertz CT molecular complexity index is 1340. The van der Waals surface area contributed by atoms with Gasteiger partial charge in [-0.05, 0) is 77.6 Å². The molecule has 3 aromatic heterocycles. The van der Waals surface area contributed by atoms with Crippen LogP contribution in [0.1, 0.15) is 62.7 Å². The summed E-state index contributed by atoms with van der Waals surface area (Å²) in [6, 6.07) is 5.51. The molecule has 1 aliphatic heterocycles. The van der Waals surface area contributed by atoms with Crippen LogP contribution < -0.4 is 21.1 Å². The number of carbonyl (C=O) groups excluding carboxylic acids is 2. The third-order valence-electron chi connectivity index (χ3n) is 7.90. The van der Waals surface area contributed by atoms with E-state index < -0.39 is 5.41 Å². The topological polar surface area (TPSA) is 140 Å². The lowest BCUT2D eigenvalue weighted by molar-refractivity contribution is -0.131. The number of fused-ring (bicyclic) bond motifs is 1. The molecule has 1 aliphatic carbocycles. The molecule has 1 saturated carbocycles. The van der Waals surface area contributed by atoms with Crippen molar-refractivity contribution in [2.75, 3.05) is 32.5 Å². The zero-order chi connectivity index (χ0) is 27.6. The van der Waals surface area contributed by atoms with Crippen molar-refractivity contribution in [1.29, 1.82) is 0 Å². The van der Waals surface area contributed by atoms with Gasteiger partial charge in [0.15, 0.2) is 5.82 Å². The molecule has 4 N–H and O–H groups in total. The van der Waals surface area contributed by atoms with E-state index in [1.807, 2.05) is 19.9 Å². The van der Waals surface area contributed by atoms with Crippen LogP contribution in [0.4, 0.5) is 5.82 Å². The summed E-state index contributed by atoms with van der Waals surface area (Å²) < 4.78 is 6.89. The summed E-state index contributed by atoms with van der Waals surface area (Å²) in [6.45, 7) is 7.00. The first-order valence-electron chi connectivity index (χ1n) is 13.7. The number of nitrogens with one attached hydrogen (secondary N) is 2. The van der Waals surface area contributed by atoms with Crippen LogP contribution >= 0.6 is 0 Å². The number of hydrogen-bond acceptors (Lipinski definition) is 8.